The Balaban J connectivity index is 2.99. The maximum absolute atomic E-state index is 12.4. The summed E-state index contributed by atoms with van der Waals surface area (Å²) in [5.74, 6) is -1.35. The van der Waals surface area contributed by atoms with Crippen LogP contribution < -0.4 is 5.73 Å². The van der Waals surface area contributed by atoms with Gasteiger partial charge in [0.15, 0.2) is 0 Å². The zero-order valence-corrected chi connectivity index (χ0v) is 9.55. The second-order valence-corrected chi connectivity index (χ2v) is 3.95. The number of hydrogen-bond acceptors (Lipinski definition) is 4. The molecular weight excluding hydrogens is 267 g/mol. The fourth-order valence-electron chi connectivity index (χ4n) is 1.52. The Bertz CT molecular complexity index is 475. The van der Waals surface area contributed by atoms with Crippen molar-refractivity contribution in [1.82, 2.24) is 0 Å². The van der Waals surface area contributed by atoms with Gasteiger partial charge in [-0.3, -0.25) is 4.79 Å². The van der Waals surface area contributed by atoms with E-state index in [1.165, 1.54) is 0 Å². The van der Waals surface area contributed by atoms with E-state index in [4.69, 9.17) is 10.8 Å². The molecule has 0 amide bonds. The largest absolute Gasteiger partial charge is 0.481 e. The molecule has 0 saturated heterocycles. The summed E-state index contributed by atoms with van der Waals surface area (Å²) in [4.78, 5) is 10.4. The Morgan fingerprint density at radius 1 is 1.32 bits per heavy atom. The number of carbonyl (C=O) groups is 1. The number of aliphatic hydroxyl groups excluding tert-OH is 2. The number of benzene rings is 1. The minimum absolute atomic E-state index is 0.151. The summed E-state index contributed by atoms with van der Waals surface area (Å²) >= 11 is 0. The molecule has 0 spiro atoms. The highest BCUT2D eigenvalue weighted by atomic mass is 19.4. The van der Waals surface area contributed by atoms with Crippen LogP contribution in [0, 0.1) is 0 Å². The summed E-state index contributed by atoms with van der Waals surface area (Å²) in [5, 5.41) is 27.5. The molecule has 0 aromatic heterocycles. The molecule has 1 aromatic rings. The summed E-state index contributed by atoms with van der Waals surface area (Å²) in [6.07, 6.45) is -8.64. The lowest BCUT2D eigenvalue weighted by molar-refractivity contribution is -0.141. The molecule has 0 heterocycles. The molecule has 0 bridgehead atoms. The lowest BCUT2D eigenvalue weighted by atomic mass is 9.99. The molecule has 19 heavy (non-hydrogen) atoms. The zero-order valence-electron chi connectivity index (χ0n) is 9.55. The van der Waals surface area contributed by atoms with Crippen LogP contribution in [-0.4, -0.2) is 27.4 Å². The SMILES string of the molecule is Nc1cc(C(F)(F)F)ccc1C(O)C(O)CC(=O)O. The Morgan fingerprint density at radius 3 is 2.32 bits per heavy atom. The van der Waals surface area contributed by atoms with Gasteiger partial charge in [0.25, 0.3) is 0 Å². The maximum Gasteiger partial charge on any atom is 0.416 e. The van der Waals surface area contributed by atoms with Crippen molar-refractivity contribution < 1.29 is 33.3 Å². The van der Waals surface area contributed by atoms with E-state index in [2.05, 4.69) is 0 Å². The van der Waals surface area contributed by atoms with Gasteiger partial charge in [0.1, 0.15) is 6.10 Å². The normalized spacial score (nSPS) is 15.0. The van der Waals surface area contributed by atoms with Crippen LogP contribution in [0.2, 0.25) is 0 Å². The van der Waals surface area contributed by atoms with Crippen molar-refractivity contribution in [3.05, 3.63) is 29.3 Å². The summed E-state index contributed by atoms with van der Waals surface area (Å²) in [5.41, 5.74) is 3.86. The molecule has 8 heteroatoms. The number of rotatable bonds is 4. The van der Waals surface area contributed by atoms with E-state index in [0.29, 0.717) is 12.1 Å². The number of alkyl halides is 3. The molecule has 2 atom stereocenters. The Kier molecular flexibility index (Phi) is 4.38. The number of aliphatic carboxylic acids is 1. The van der Waals surface area contributed by atoms with Crippen molar-refractivity contribution >= 4 is 11.7 Å². The van der Waals surface area contributed by atoms with Crippen molar-refractivity contribution in [3.8, 4) is 0 Å². The van der Waals surface area contributed by atoms with Crippen LogP contribution in [0.15, 0.2) is 18.2 Å². The van der Waals surface area contributed by atoms with Gasteiger partial charge in [-0.05, 0) is 12.1 Å². The van der Waals surface area contributed by atoms with Gasteiger partial charge in [-0.25, -0.2) is 0 Å². The first-order valence-corrected chi connectivity index (χ1v) is 5.17. The summed E-state index contributed by atoms with van der Waals surface area (Å²) < 4.78 is 37.2. The number of hydrogen-bond donors (Lipinski definition) is 4. The number of nitrogens with two attached hydrogens (primary N) is 1. The number of anilines is 1. The number of nitrogen functional groups attached to an aromatic ring is 1. The number of carboxylic acids is 1. The van der Waals surface area contributed by atoms with Gasteiger partial charge in [-0.2, -0.15) is 13.2 Å². The molecule has 5 N–H and O–H groups in total. The number of aliphatic hydroxyl groups is 2. The smallest absolute Gasteiger partial charge is 0.416 e. The average Bonchev–Trinajstić information content (AvgIpc) is 2.25. The first kappa shape index (κ1) is 15.3. The van der Waals surface area contributed by atoms with E-state index in [1.54, 1.807) is 0 Å². The van der Waals surface area contributed by atoms with Gasteiger partial charge in [0.05, 0.1) is 18.1 Å². The van der Waals surface area contributed by atoms with E-state index in [0.717, 1.165) is 6.07 Å². The third-order valence-corrected chi connectivity index (χ3v) is 2.48. The monoisotopic (exact) mass is 279 g/mol. The highest BCUT2D eigenvalue weighted by Crippen LogP contribution is 2.33. The molecule has 0 aliphatic rings. The van der Waals surface area contributed by atoms with Gasteiger partial charge in [-0.1, -0.05) is 6.07 Å². The fourth-order valence-corrected chi connectivity index (χ4v) is 1.52. The lowest BCUT2D eigenvalue weighted by Crippen LogP contribution is -2.22. The predicted molar refractivity (Wildman–Crippen MR) is 59.1 cm³/mol. The second kappa shape index (κ2) is 5.45. The molecule has 0 radical (unpaired) electrons. The van der Waals surface area contributed by atoms with Crippen LogP contribution in [0.25, 0.3) is 0 Å². The van der Waals surface area contributed by atoms with E-state index in [9.17, 15) is 28.2 Å². The van der Waals surface area contributed by atoms with E-state index < -0.39 is 36.3 Å². The Hall–Kier alpha value is -1.80. The summed E-state index contributed by atoms with van der Waals surface area (Å²) in [6, 6.07) is 2.22. The van der Waals surface area contributed by atoms with Crippen molar-refractivity contribution in [2.24, 2.45) is 0 Å². The van der Waals surface area contributed by atoms with Crippen LogP contribution in [-0.2, 0) is 11.0 Å². The van der Waals surface area contributed by atoms with Crippen LogP contribution in [0.1, 0.15) is 23.7 Å². The van der Waals surface area contributed by atoms with Gasteiger partial charge >= 0.3 is 12.1 Å². The molecule has 1 rings (SSSR count). The number of halogens is 3. The second-order valence-electron chi connectivity index (χ2n) is 3.95. The van der Waals surface area contributed by atoms with Crippen LogP contribution in [0.3, 0.4) is 0 Å². The molecule has 0 aliphatic carbocycles. The fraction of sp³-hybridized carbons (Fsp3) is 0.364. The van der Waals surface area contributed by atoms with Crippen LogP contribution in [0.4, 0.5) is 18.9 Å². The summed E-state index contributed by atoms with van der Waals surface area (Å²) in [6.45, 7) is 0. The highest BCUT2D eigenvalue weighted by Gasteiger charge is 2.32. The molecule has 5 nitrogen and oxygen atoms in total. The summed E-state index contributed by atoms with van der Waals surface area (Å²) in [7, 11) is 0. The lowest BCUT2D eigenvalue weighted by Gasteiger charge is -2.19. The molecule has 0 fully saturated rings. The molecule has 0 saturated carbocycles. The van der Waals surface area contributed by atoms with E-state index in [1.807, 2.05) is 0 Å². The molecule has 106 valence electrons. The molecular formula is C11H12F3NO4. The Morgan fingerprint density at radius 2 is 1.89 bits per heavy atom. The predicted octanol–water partition coefficient (Wildman–Crippen LogP) is 1.16. The third-order valence-electron chi connectivity index (χ3n) is 2.48. The third kappa shape index (κ3) is 3.83. The number of carboxylic acid groups (broad SMARTS) is 1. The molecule has 1 aromatic carbocycles. The molecule has 0 aliphatic heterocycles. The van der Waals surface area contributed by atoms with Crippen LogP contribution in [0.5, 0.6) is 0 Å². The van der Waals surface area contributed by atoms with Crippen molar-refractivity contribution in [1.29, 1.82) is 0 Å². The van der Waals surface area contributed by atoms with Gasteiger partial charge in [0.2, 0.25) is 0 Å². The van der Waals surface area contributed by atoms with Crippen molar-refractivity contribution in [2.45, 2.75) is 24.8 Å². The molecule has 2 unspecified atom stereocenters. The van der Waals surface area contributed by atoms with Crippen molar-refractivity contribution in [3.63, 3.8) is 0 Å². The van der Waals surface area contributed by atoms with Crippen molar-refractivity contribution in [2.75, 3.05) is 5.73 Å². The van der Waals surface area contributed by atoms with E-state index >= 15 is 0 Å². The maximum atomic E-state index is 12.4. The van der Waals surface area contributed by atoms with Gasteiger partial charge in [-0.15, -0.1) is 0 Å². The first-order valence-electron chi connectivity index (χ1n) is 5.17. The van der Waals surface area contributed by atoms with Gasteiger partial charge < -0.3 is 21.1 Å². The Labute approximate surface area is 106 Å². The minimum atomic E-state index is -4.57. The highest BCUT2D eigenvalue weighted by molar-refractivity contribution is 5.67. The average molecular weight is 279 g/mol. The zero-order chi connectivity index (χ0) is 14.8. The minimum Gasteiger partial charge on any atom is -0.481 e. The quantitative estimate of drug-likeness (QED) is 0.619. The standard InChI is InChI=1S/C11H12F3NO4/c12-11(13,14)5-1-2-6(7(15)3-5)10(19)8(16)4-9(17)18/h1-3,8,10,16,19H,4,15H2,(H,17,18). The van der Waals surface area contributed by atoms with E-state index in [-0.39, 0.29) is 11.3 Å². The van der Waals surface area contributed by atoms with Crippen LogP contribution >= 0.6 is 0 Å². The topological polar surface area (TPSA) is 104 Å². The first-order chi connectivity index (χ1) is 8.62. The van der Waals surface area contributed by atoms with Gasteiger partial charge in [0, 0.05) is 11.3 Å².